The Bertz CT molecular complexity index is 484. The molecule has 0 N–H and O–H groups in total. The van der Waals surface area contributed by atoms with Crippen LogP contribution in [-0.4, -0.2) is 14.5 Å². The fourth-order valence-electron chi connectivity index (χ4n) is 1.74. The number of imidazole rings is 1. The summed E-state index contributed by atoms with van der Waals surface area (Å²) < 4.78 is 4.25. The van der Waals surface area contributed by atoms with Gasteiger partial charge in [-0.1, -0.05) is 0 Å². The molecule has 0 radical (unpaired) electrons. The Hall–Kier alpha value is -1.45. The number of aryl methyl sites for hydroxylation is 3. The largest absolute Gasteiger partial charge is 0.322 e. The molecule has 0 amide bonds. The van der Waals surface area contributed by atoms with Crippen LogP contribution < -0.4 is 4.57 Å². The molecule has 0 bridgehead atoms. The van der Waals surface area contributed by atoms with Crippen molar-refractivity contribution in [3.8, 4) is 0 Å². The van der Waals surface area contributed by atoms with Gasteiger partial charge in [0.1, 0.15) is 6.20 Å². The average molecular weight is 191 g/mol. The first-order valence-corrected chi connectivity index (χ1v) is 4.83. The Morgan fingerprint density at radius 3 is 2.79 bits per heavy atom. The van der Waals surface area contributed by atoms with E-state index in [0.29, 0.717) is 0 Å². The zero-order valence-corrected chi connectivity index (χ0v) is 9.07. The maximum Gasteiger partial charge on any atom is 0.322 e. The molecule has 4 heteroatoms. The topological polar surface area (TPSA) is 34.6 Å². The van der Waals surface area contributed by atoms with E-state index in [0.717, 1.165) is 23.5 Å². The predicted octanol–water partition coefficient (Wildman–Crippen LogP) is 0.893. The number of rotatable bonds is 1. The molecule has 2 aromatic heterocycles. The van der Waals surface area contributed by atoms with Crippen molar-refractivity contribution in [2.75, 3.05) is 0 Å². The van der Waals surface area contributed by atoms with Gasteiger partial charge in [0.05, 0.1) is 19.3 Å². The van der Waals surface area contributed by atoms with E-state index in [4.69, 9.17) is 0 Å². The standard InChI is InChI=1S/C10H15N4/c1-5-14-8(3)13(4)9-10(14)12-7(2)6-11-9/h6H,5H2,1-4H3/q+1. The van der Waals surface area contributed by atoms with Gasteiger partial charge in [-0.2, -0.15) is 0 Å². The molecule has 74 valence electrons. The summed E-state index contributed by atoms with van der Waals surface area (Å²) in [6.07, 6.45) is 1.81. The lowest BCUT2D eigenvalue weighted by molar-refractivity contribution is -0.654. The molecule has 0 aliphatic heterocycles. The second kappa shape index (κ2) is 3.04. The van der Waals surface area contributed by atoms with Crippen LogP contribution in [0.4, 0.5) is 0 Å². The van der Waals surface area contributed by atoms with Gasteiger partial charge in [0.2, 0.25) is 5.82 Å². The van der Waals surface area contributed by atoms with E-state index in [9.17, 15) is 0 Å². The third-order valence-corrected chi connectivity index (χ3v) is 2.62. The van der Waals surface area contributed by atoms with Gasteiger partial charge in [-0.25, -0.2) is 14.1 Å². The Kier molecular flexibility index (Phi) is 1.98. The van der Waals surface area contributed by atoms with Gasteiger partial charge in [-0.05, 0) is 13.8 Å². The first-order valence-electron chi connectivity index (χ1n) is 4.83. The molecule has 2 aromatic rings. The van der Waals surface area contributed by atoms with Crippen LogP contribution in [0.1, 0.15) is 18.4 Å². The Labute approximate surface area is 83.2 Å². The minimum Gasteiger partial charge on any atom is -0.242 e. The van der Waals surface area contributed by atoms with Crippen molar-refractivity contribution in [1.82, 2.24) is 14.5 Å². The average Bonchev–Trinajstić information content (AvgIpc) is 2.39. The summed E-state index contributed by atoms with van der Waals surface area (Å²) in [5.74, 6) is 1.19. The zero-order chi connectivity index (χ0) is 10.3. The van der Waals surface area contributed by atoms with Crippen molar-refractivity contribution < 1.29 is 4.57 Å². The van der Waals surface area contributed by atoms with Gasteiger partial charge in [-0.15, -0.1) is 4.98 Å². The molecule has 4 nitrogen and oxygen atoms in total. The van der Waals surface area contributed by atoms with Crippen LogP contribution in [0.15, 0.2) is 6.20 Å². The second-order valence-electron chi connectivity index (χ2n) is 3.51. The van der Waals surface area contributed by atoms with Crippen molar-refractivity contribution >= 4 is 11.3 Å². The highest BCUT2D eigenvalue weighted by molar-refractivity contribution is 5.62. The molecule has 0 aliphatic carbocycles. The van der Waals surface area contributed by atoms with Crippen molar-refractivity contribution in [3.63, 3.8) is 0 Å². The molecule has 0 aromatic carbocycles. The van der Waals surface area contributed by atoms with Crippen LogP contribution in [0.25, 0.3) is 11.3 Å². The van der Waals surface area contributed by atoms with Crippen molar-refractivity contribution in [2.24, 2.45) is 7.05 Å². The van der Waals surface area contributed by atoms with Crippen molar-refractivity contribution in [3.05, 3.63) is 17.7 Å². The van der Waals surface area contributed by atoms with Crippen molar-refractivity contribution in [2.45, 2.75) is 27.3 Å². The lowest BCUT2D eigenvalue weighted by Gasteiger charge is -1.94. The maximum atomic E-state index is 4.51. The highest BCUT2D eigenvalue weighted by Gasteiger charge is 2.19. The van der Waals surface area contributed by atoms with Crippen LogP contribution in [0.3, 0.4) is 0 Å². The van der Waals surface area contributed by atoms with Crippen LogP contribution in [0, 0.1) is 13.8 Å². The molecular weight excluding hydrogens is 176 g/mol. The van der Waals surface area contributed by atoms with E-state index in [1.54, 1.807) is 0 Å². The smallest absolute Gasteiger partial charge is 0.242 e. The number of aromatic nitrogens is 4. The molecule has 0 atom stereocenters. The van der Waals surface area contributed by atoms with Crippen LogP contribution in [0.2, 0.25) is 0 Å². The van der Waals surface area contributed by atoms with Gasteiger partial charge in [0, 0.05) is 6.92 Å². The van der Waals surface area contributed by atoms with Crippen molar-refractivity contribution in [1.29, 1.82) is 0 Å². The third kappa shape index (κ3) is 1.10. The van der Waals surface area contributed by atoms with Gasteiger partial charge >= 0.3 is 5.65 Å². The van der Waals surface area contributed by atoms with E-state index in [-0.39, 0.29) is 0 Å². The van der Waals surface area contributed by atoms with Gasteiger partial charge in [0.15, 0.2) is 0 Å². The molecule has 0 spiro atoms. The first kappa shape index (κ1) is 9.12. The molecule has 0 saturated heterocycles. The minimum atomic E-state index is 0.932. The van der Waals surface area contributed by atoms with Gasteiger partial charge in [0.25, 0.3) is 5.65 Å². The van der Waals surface area contributed by atoms with Crippen LogP contribution in [-0.2, 0) is 13.6 Å². The van der Waals surface area contributed by atoms with Crippen LogP contribution >= 0.6 is 0 Å². The summed E-state index contributed by atoms with van der Waals surface area (Å²) in [5.41, 5.74) is 2.90. The molecule has 2 heterocycles. The summed E-state index contributed by atoms with van der Waals surface area (Å²) in [7, 11) is 2.02. The Balaban J connectivity index is 2.89. The van der Waals surface area contributed by atoms with Gasteiger partial charge < -0.3 is 0 Å². The summed E-state index contributed by atoms with van der Waals surface area (Å²) in [6.45, 7) is 7.11. The molecule has 2 rings (SSSR count). The predicted molar refractivity (Wildman–Crippen MR) is 53.9 cm³/mol. The molecule has 14 heavy (non-hydrogen) atoms. The fourth-order valence-corrected chi connectivity index (χ4v) is 1.74. The maximum absolute atomic E-state index is 4.51. The molecule has 0 aliphatic rings. The third-order valence-electron chi connectivity index (χ3n) is 2.62. The highest BCUT2D eigenvalue weighted by atomic mass is 15.2. The number of hydrogen-bond donors (Lipinski definition) is 0. The molecule has 0 unspecified atom stereocenters. The van der Waals surface area contributed by atoms with E-state index >= 15 is 0 Å². The lowest BCUT2D eigenvalue weighted by atomic mass is 10.5. The monoisotopic (exact) mass is 191 g/mol. The second-order valence-corrected chi connectivity index (χ2v) is 3.51. The van der Waals surface area contributed by atoms with E-state index in [1.165, 1.54) is 5.82 Å². The SMILES string of the molecule is CCn1c(C)[n+](C)c2ncc(C)nc21. The summed E-state index contributed by atoms with van der Waals surface area (Å²) in [4.78, 5) is 8.90. The summed E-state index contributed by atoms with van der Waals surface area (Å²) in [5, 5.41) is 0. The zero-order valence-electron chi connectivity index (χ0n) is 9.07. The Morgan fingerprint density at radius 1 is 1.43 bits per heavy atom. The number of hydrogen-bond acceptors (Lipinski definition) is 2. The lowest BCUT2D eigenvalue weighted by Crippen LogP contribution is -2.31. The number of fused-ring (bicyclic) bond motifs is 1. The van der Waals surface area contributed by atoms with Crippen LogP contribution in [0.5, 0.6) is 0 Å². The molecule has 0 fully saturated rings. The summed E-state index contributed by atoms with van der Waals surface area (Å²) in [6, 6.07) is 0. The molecular formula is C10H15N4+. The normalized spacial score (nSPS) is 11.1. The van der Waals surface area contributed by atoms with Gasteiger partial charge in [-0.3, -0.25) is 0 Å². The Morgan fingerprint density at radius 2 is 2.14 bits per heavy atom. The first-order chi connectivity index (χ1) is 6.65. The quantitative estimate of drug-likeness (QED) is 0.627. The minimum absolute atomic E-state index is 0.932. The van der Waals surface area contributed by atoms with E-state index < -0.39 is 0 Å². The summed E-state index contributed by atoms with van der Waals surface area (Å²) >= 11 is 0. The van der Waals surface area contributed by atoms with E-state index in [2.05, 4.69) is 32.9 Å². The number of nitrogens with zero attached hydrogens (tertiary/aromatic N) is 4. The molecule has 0 saturated carbocycles. The van der Waals surface area contributed by atoms with E-state index in [1.807, 2.05) is 20.2 Å². The highest BCUT2D eigenvalue weighted by Crippen LogP contribution is 2.09. The fraction of sp³-hybridized carbons (Fsp3) is 0.500.